The van der Waals surface area contributed by atoms with Crippen LogP contribution in [0.4, 0.5) is 10.1 Å². The first-order valence-corrected chi connectivity index (χ1v) is 17.8. The van der Waals surface area contributed by atoms with Gasteiger partial charge in [-0.3, -0.25) is 14.8 Å². The fraction of sp³-hybridized carbons (Fsp3) is 0.300. The quantitative estimate of drug-likeness (QED) is 0.137. The van der Waals surface area contributed by atoms with Crippen LogP contribution in [0.3, 0.4) is 0 Å². The van der Waals surface area contributed by atoms with Crippen LogP contribution in [0.2, 0.25) is 5.02 Å². The van der Waals surface area contributed by atoms with Gasteiger partial charge in [0.05, 0.1) is 41.4 Å². The van der Waals surface area contributed by atoms with E-state index in [9.17, 15) is 9.18 Å². The summed E-state index contributed by atoms with van der Waals surface area (Å²) in [5.74, 6) is 1.03. The Kier molecular flexibility index (Phi) is 10.6. The van der Waals surface area contributed by atoms with Gasteiger partial charge in [0.25, 0.3) is 0 Å². The lowest BCUT2D eigenvalue weighted by molar-refractivity contribution is -0.0591. The molecular formula is C40H41ClFN7O3. The Morgan fingerprint density at radius 2 is 1.98 bits per heavy atom. The van der Waals surface area contributed by atoms with Gasteiger partial charge in [-0.2, -0.15) is 5.10 Å². The molecule has 52 heavy (non-hydrogen) atoms. The van der Waals surface area contributed by atoms with Crippen molar-refractivity contribution in [1.82, 2.24) is 29.6 Å². The minimum absolute atomic E-state index is 0.0769. The van der Waals surface area contributed by atoms with Crippen molar-refractivity contribution >= 4 is 51.1 Å². The fourth-order valence-electron chi connectivity index (χ4n) is 6.53. The minimum atomic E-state index is -0.397. The number of aryl methyl sites for hydroxylation is 2. The molecule has 1 unspecified atom stereocenters. The Balaban J connectivity index is 0.000000271. The van der Waals surface area contributed by atoms with E-state index in [-0.39, 0.29) is 12.7 Å². The van der Waals surface area contributed by atoms with Crippen molar-refractivity contribution in [2.45, 2.75) is 52.5 Å². The number of carbonyl (C=O) groups excluding carboxylic acids is 1. The number of anilines is 1. The lowest BCUT2D eigenvalue weighted by atomic mass is 10.0. The smallest absolute Gasteiger partial charge is 0.214 e. The van der Waals surface area contributed by atoms with Crippen LogP contribution in [0.5, 0.6) is 5.88 Å². The number of rotatable bonds is 10. The van der Waals surface area contributed by atoms with Crippen molar-refractivity contribution < 1.29 is 18.7 Å². The number of carbonyl (C=O) groups is 1. The molecule has 0 amide bonds. The maximum absolute atomic E-state index is 14.1. The van der Waals surface area contributed by atoms with Gasteiger partial charge < -0.3 is 19.4 Å². The SMILES string of the molecule is CNc1cc(C)c2n[nH]c(C)c2c1.O=Cc1ccc2nc(CN3CC=C(c4cccc(OCc5ccc(Cl)cc5F)n4)CC3)n(CC3CCO3)c2c1. The van der Waals surface area contributed by atoms with Crippen LogP contribution in [0.1, 0.15) is 51.5 Å². The van der Waals surface area contributed by atoms with E-state index >= 15 is 0 Å². The van der Waals surface area contributed by atoms with Crippen LogP contribution < -0.4 is 10.1 Å². The number of nitrogens with one attached hydrogen (secondary N) is 2. The zero-order valence-electron chi connectivity index (χ0n) is 29.5. The molecule has 2 aliphatic heterocycles. The summed E-state index contributed by atoms with van der Waals surface area (Å²) in [6.07, 6.45) is 5.12. The molecule has 268 valence electrons. The highest BCUT2D eigenvalue weighted by Gasteiger charge is 2.24. The lowest BCUT2D eigenvalue weighted by Gasteiger charge is -2.29. The molecule has 12 heteroatoms. The van der Waals surface area contributed by atoms with Crippen molar-refractivity contribution in [2.75, 3.05) is 32.1 Å². The topological polar surface area (TPSA) is 110 Å². The Hall–Kier alpha value is -5.10. The van der Waals surface area contributed by atoms with Gasteiger partial charge >= 0.3 is 0 Å². The molecule has 0 spiro atoms. The molecule has 5 heterocycles. The largest absolute Gasteiger partial charge is 0.473 e. The average Bonchev–Trinajstić information content (AvgIpc) is 3.68. The minimum Gasteiger partial charge on any atom is -0.473 e. The maximum atomic E-state index is 14.1. The van der Waals surface area contributed by atoms with Crippen LogP contribution >= 0.6 is 11.6 Å². The molecule has 2 aliphatic rings. The number of imidazole rings is 1. The molecule has 0 radical (unpaired) electrons. The van der Waals surface area contributed by atoms with Crippen molar-refractivity contribution in [3.63, 3.8) is 0 Å². The molecule has 1 fully saturated rings. The predicted octanol–water partition coefficient (Wildman–Crippen LogP) is 7.91. The number of benzene rings is 3. The van der Waals surface area contributed by atoms with Crippen molar-refractivity contribution in [3.05, 3.63) is 118 Å². The fourth-order valence-corrected chi connectivity index (χ4v) is 6.69. The summed E-state index contributed by atoms with van der Waals surface area (Å²) in [6.45, 7) is 8.04. The molecule has 1 atom stereocenters. The highest BCUT2D eigenvalue weighted by Crippen LogP contribution is 2.27. The van der Waals surface area contributed by atoms with E-state index in [1.165, 1.54) is 17.0 Å². The Labute approximate surface area is 306 Å². The van der Waals surface area contributed by atoms with Crippen molar-refractivity contribution in [1.29, 1.82) is 0 Å². The van der Waals surface area contributed by atoms with Crippen LogP contribution in [0.25, 0.3) is 27.5 Å². The van der Waals surface area contributed by atoms with E-state index in [1.807, 2.05) is 44.3 Å². The van der Waals surface area contributed by atoms with Gasteiger partial charge in [0.1, 0.15) is 24.5 Å². The van der Waals surface area contributed by atoms with E-state index in [2.05, 4.69) is 55.1 Å². The van der Waals surface area contributed by atoms with Crippen LogP contribution in [0.15, 0.2) is 72.8 Å². The third kappa shape index (κ3) is 7.86. The predicted molar refractivity (Wildman–Crippen MR) is 202 cm³/mol. The second kappa shape index (κ2) is 15.6. The number of aldehydes is 1. The third-order valence-corrected chi connectivity index (χ3v) is 9.83. The number of ether oxygens (including phenoxy) is 2. The number of aromatic amines is 1. The third-order valence-electron chi connectivity index (χ3n) is 9.60. The van der Waals surface area contributed by atoms with Gasteiger partial charge in [-0.15, -0.1) is 0 Å². The molecule has 10 nitrogen and oxygen atoms in total. The first kappa shape index (κ1) is 35.3. The van der Waals surface area contributed by atoms with Gasteiger partial charge in [-0.05, 0) is 86.4 Å². The molecular weight excluding hydrogens is 681 g/mol. The van der Waals surface area contributed by atoms with Crippen molar-refractivity contribution in [2.24, 2.45) is 0 Å². The number of aromatic nitrogens is 5. The standard InChI is InChI=1S/C30H28ClFN4O3.C10H13N3/c31-23-6-5-22(25(32)15-23)19-39-30-3-1-2-26(34-30)21-8-11-35(12-9-21)17-29-33-27-7-4-20(18-37)14-28(27)36(29)16-24-10-13-38-24;1-6-4-8(11-3)5-9-7(2)12-13-10(6)9/h1-8,14-15,18,24H,9-13,16-17,19H2;4-5,11H,1-3H3,(H,12,13). The first-order valence-electron chi connectivity index (χ1n) is 17.4. The number of nitrogens with zero attached hydrogens (tertiary/aromatic N) is 5. The van der Waals surface area contributed by atoms with Gasteiger partial charge in [-0.1, -0.05) is 29.8 Å². The molecule has 3 aromatic heterocycles. The van der Waals surface area contributed by atoms with Crippen LogP contribution in [-0.2, 0) is 24.4 Å². The summed E-state index contributed by atoms with van der Waals surface area (Å²) in [7, 11) is 1.93. The zero-order valence-corrected chi connectivity index (χ0v) is 30.2. The summed E-state index contributed by atoms with van der Waals surface area (Å²) in [5, 5.41) is 11.9. The molecule has 0 saturated carbocycles. The van der Waals surface area contributed by atoms with Gasteiger partial charge in [0, 0.05) is 65.7 Å². The second-order valence-electron chi connectivity index (χ2n) is 13.2. The van der Waals surface area contributed by atoms with Crippen LogP contribution in [0, 0.1) is 19.7 Å². The molecule has 8 rings (SSSR count). The van der Waals surface area contributed by atoms with E-state index in [0.717, 1.165) is 90.4 Å². The van der Waals surface area contributed by atoms with E-state index in [1.54, 1.807) is 18.2 Å². The summed E-state index contributed by atoms with van der Waals surface area (Å²) < 4.78 is 27.8. The summed E-state index contributed by atoms with van der Waals surface area (Å²) in [6, 6.07) is 20.0. The monoisotopic (exact) mass is 721 g/mol. The van der Waals surface area contributed by atoms with Crippen molar-refractivity contribution in [3.8, 4) is 5.88 Å². The number of halogens is 2. The Bertz CT molecular complexity index is 2260. The van der Waals surface area contributed by atoms with Gasteiger partial charge in [0.15, 0.2) is 0 Å². The molecule has 2 N–H and O–H groups in total. The lowest BCUT2D eigenvalue weighted by Crippen LogP contribution is -2.33. The van der Waals surface area contributed by atoms with Gasteiger partial charge in [-0.25, -0.2) is 14.4 Å². The number of hydrogen-bond donors (Lipinski definition) is 2. The van der Waals surface area contributed by atoms with Gasteiger partial charge in [0.2, 0.25) is 5.88 Å². The normalized spacial score (nSPS) is 15.9. The highest BCUT2D eigenvalue weighted by atomic mass is 35.5. The van der Waals surface area contributed by atoms with E-state index in [0.29, 0.717) is 28.6 Å². The molecule has 3 aromatic carbocycles. The molecule has 0 aliphatic carbocycles. The number of hydrogen-bond acceptors (Lipinski definition) is 8. The summed E-state index contributed by atoms with van der Waals surface area (Å²) in [4.78, 5) is 23.3. The van der Waals surface area contributed by atoms with E-state index < -0.39 is 5.82 Å². The number of fused-ring (bicyclic) bond motifs is 2. The second-order valence-corrected chi connectivity index (χ2v) is 13.6. The molecule has 6 aromatic rings. The number of pyridine rings is 1. The van der Waals surface area contributed by atoms with Crippen LogP contribution in [-0.4, -0.2) is 68.8 Å². The molecule has 1 saturated heterocycles. The van der Waals surface area contributed by atoms with E-state index in [4.69, 9.17) is 26.1 Å². The zero-order chi connectivity index (χ0) is 36.2. The summed E-state index contributed by atoms with van der Waals surface area (Å²) >= 11 is 5.84. The first-order chi connectivity index (χ1) is 25.3. The Morgan fingerprint density at radius 3 is 2.71 bits per heavy atom. The average molecular weight is 722 g/mol. The number of H-pyrrole nitrogens is 1. The summed E-state index contributed by atoms with van der Waals surface area (Å²) in [5.41, 5.74) is 9.47. The highest BCUT2D eigenvalue weighted by molar-refractivity contribution is 6.30. The Morgan fingerprint density at radius 1 is 1.12 bits per heavy atom. The molecule has 0 bridgehead atoms. The maximum Gasteiger partial charge on any atom is 0.214 e.